The van der Waals surface area contributed by atoms with E-state index >= 15 is 0 Å². The molecule has 0 aliphatic rings. The molecule has 0 bridgehead atoms. The highest BCUT2D eigenvalue weighted by Gasteiger charge is 2.23. The molecule has 0 amide bonds. The Kier molecular flexibility index (Phi) is 3.42. The molecule has 3 aromatic rings. The van der Waals surface area contributed by atoms with Crippen molar-refractivity contribution in [2.24, 2.45) is 0 Å². The van der Waals surface area contributed by atoms with E-state index in [0.29, 0.717) is 0 Å². The van der Waals surface area contributed by atoms with Gasteiger partial charge in [0.05, 0.1) is 0 Å². The van der Waals surface area contributed by atoms with Crippen LogP contribution in [0.15, 0.2) is 73.2 Å². The number of aromatic nitrogens is 3. The fourth-order valence-corrected chi connectivity index (χ4v) is 4.11. The molecule has 3 rings (SSSR count). The van der Waals surface area contributed by atoms with Gasteiger partial charge in [-0.3, -0.25) is 15.0 Å². The van der Waals surface area contributed by atoms with Crippen LogP contribution in [0.2, 0.25) is 0 Å². The summed E-state index contributed by atoms with van der Waals surface area (Å²) in [5.74, 6) is 0. The quantitative estimate of drug-likeness (QED) is 0.641. The van der Waals surface area contributed by atoms with E-state index in [9.17, 15) is 0 Å². The molecule has 91 valence electrons. The van der Waals surface area contributed by atoms with Crippen LogP contribution in [0.3, 0.4) is 0 Å². The molecule has 0 aliphatic heterocycles. The van der Waals surface area contributed by atoms with Gasteiger partial charge >= 0.3 is 0 Å². The van der Waals surface area contributed by atoms with Gasteiger partial charge in [0, 0.05) is 34.5 Å². The molecule has 0 atom stereocenters. The van der Waals surface area contributed by atoms with Gasteiger partial charge in [-0.05, 0) is 36.4 Å². The van der Waals surface area contributed by atoms with Gasteiger partial charge in [0.15, 0.2) is 0 Å². The molecule has 3 heterocycles. The van der Waals surface area contributed by atoms with Crippen molar-refractivity contribution in [1.29, 1.82) is 0 Å². The van der Waals surface area contributed by atoms with Crippen LogP contribution in [0.1, 0.15) is 0 Å². The van der Waals surface area contributed by atoms with E-state index in [2.05, 4.69) is 33.2 Å². The lowest BCUT2D eigenvalue weighted by atomic mass is 10.5. The highest BCUT2D eigenvalue weighted by Crippen LogP contribution is 1.89. The summed E-state index contributed by atoms with van der Waals surface area (Å²) in [7, 11) is -1.21. The summed E-state index contributed by atoms with van der Waals surface area (Å²) >= 11 is 0. The van der Waals surface area contributed by atoms with Crippen molar-refractivity contribution in [2.45, 2.75) is 0 Å². The Balaban J connectivity index is 2.12. The normalized spacial score (nSPS) is 10.6. The van der Waals surface area contributed by atoms with Crippen molar-refractivity contribution < 1.29 is 0 Å². The molecule has 0 N–H and O–H groups in total. The number of rotatable bonds is 3. The van der Waals surface area contributed by atoms with Crippen LogP contribution in [-0.4, -0.2) is 23.7 Å². The van der Waals surface area contributed by atoms with Gasteiger partial charge in [-0.25, -0.2) is 0 Å². The minimum atomic E-state index is -1.21. The first-order chi connectivity index (χ1) is 9.45. The van der Waals surface area contributed by atoms with Crippen molar-refractivity contribution in [3.63, 3.8) is 0 Å². The van der Waals surface area contributed by atoms with E-state index in [1.807, 2.05) is 55.0 Å². The summed E-state index contributed by atoms with van der Waals surface area (Å²) in [4.78, 5) is 13.5. The maximum Gasteiger partial charge on any atom is 0.226 e. The van der Waals surface area contributed by atoms with Crippen LogP contribution in [0, 0.1) is 0 Å². The summed E-state index contributed by atoms with van der Waals surface area (Å²) in [5.41, 5.74) is 0. The number of nitrogens with zero attached hydrogens (tertiary/aromatic N) is 3. The van der Waals surface area contributed by atoms with Crippen LogP contribution in [-0.2, 0) is 0 Å². The molecule has 1 radical (unpaired) electrons. The second-order valence-corrected chi connectivity index (χ2v) is 6.31. The lowest BCUT2D eigenvalue weighted by Crippen LogP contribution is -2.55. The van der Waals surface area contributed by atoms with Crippen LogP contribution >= 0.6 is 0 Å². The molecule has 3 nitrogen and oxygen atoms in total. The zero-order chi connectivity index (χ0) is 12.9. The summed E-state index contributed by atoms with van der Waals surface area (Å²) in [6.07, 6.45) is 5.48. The van der Waals surface area contributed by atoms with Gasteiger partial charge in [0.2, 0.25) is 8.80 Å². The van der Waals surface area contributed by atoms with Crippen molar-refractivity contribution in [2.75, 3.05) is 0 Å². The highest BCUT2D eigenvalue weighted by atomic mass is 28.3. The second kappa shape index (κ2) is 5.54. The molecule has 3 aromatic heterocycles. The lowest BCUT2D eigenvalue weighted by molar-refractivity contribution is 1.33. The maximum atomic E-state index is 4.50. The zero-order valence-corrected chi connectivity index (χ0v) is 11.3. The third kappa shape index (κ3) is 2.58. The van der Waals surface area contributed by atoms with E-state index < -0.39 is 8.80 Å². The number of hydrogen-bond acceptors (Lipinski definition) is 3. The van der Waals surface area contributed by atoms with Crippen LogP contribution in [0.25, 0.3) is 0 Å². The highest BCUT2D eigenvalue weighted by molar-refractivity contribution is 6.93. The fourth-order valence-electron chi connectivity index (χ4n) is 1.93. The largest absolute Gasteiger partial charge is 0.265 e. The van der Waals surface area contributed by atoms with Crippen molar-refractivity contribution >= 4 is 24.7 Å². The Morgan fingerprint density at radius 3 is 1.16 bits per heavy atom. The van der Waals surface area contributed by atoms with Crippen molar-refractivity contribution in [3.8, 4) is 0 Å². The third-order valence-corrected chi connectivity index (χ3v) is 5.19. The molecule has 0 unspecified atom stereocenters. The number of hydrogen-bond donors (Lipinski definition) is 0. The molecule has 0 saturated carbocycles. The molecule has 19 heavy (non-hydrogen) atoms. The SMILES string of the molecule is c1ccc([Si](c2ccccn2)c2ccccn2)nc1. The number of pyridine rings is 3. The fraction of sp³-hybridized carbons (Fsp3) is 0. The summed E-state index contributed by atoms with van der Waals surface area (Å²) in [5, 5.41) is 3.18. The van der Waals surface area contributed by atoms with E-state index in [1.165, 1.54) is 0 Å². The van der Waals surface area contributed by atoms with Crippen LogP contribution < -0.4 is 16.0 Å². The summed E-state index contributed by atoms with van der Waals surface area (Å²) < 4.78 is 0. The van der Waals surface area contributed by atoms with Gasteiger partial charge in [-0.2, -0.15) is 0 Å². The first-order valence-corrected chi connectivity index (χ1v) is 7.56. The third-order valence-electron chi connectivity index (χ3n) is 2.76. The van der Waals surface area contributed by atoms with Crippen LogP contribution in [0.5, 0.6) is 0 Å². The Bertz CT molecular complexity index is 535. The first-order valence-electron chi connectivity index (χ1n) is 6.06. The van der Waals surface area contributed by atoms with E-state index in [-0.39, 0.29) is 0 Å². The average molecular weight is 262 g/mol. The monoisotopic (exact) mass is 262 g/mol. The smallest absolute Gasteiger partial charge is 0.226 e. The molecule has 0 aliphatic carbocycles. The summed E-state index contributed by atoms with van der Waals surface area (Å²) in [6.45, 7) is 0. The maximum absolute atomic E-state index is 4.50. The molecular formula is C15H12N3Si. The van der Waals surface area contributed by atoms with Gasteiger partial charge in [0.1, 0.15) is 0 Å². The lowest BCUT2D eigenvalue weighted by Gasteiger charge is -2.12. The Hall–Kier alpha value is -2.33. The van der Waals surface area contributed by atoms with Gasteiger partial charge < -0.3 is 0 Å². The second-order valence-electron chi connectivity index (χ2n) is 4.02. The minimum absolute atomic E-state index is 1.06. The molecule has 0 spiro atoms. The topological polar surface area (TPSA) is 38.7 Å². The van der Waals surface area contributed by atoms with Crippen molar-refractivity contribution in [1.82, 2.24) is 15.0 Å². The molecule has 0 fully saturated rings. The minimum Gasteiger partial charge on any atom is -0.265 e. The zero-order valence-electron chi connectivity index (χ0n) is 10.3. The Labute approximate surface area is 113 Å². The summed E-state index contributed by atoms with van der Waals surface area (Å²) in [6, 6.07) is 18.0. The first kappa shape index (κ1) is 11.7. The Morgan fingerprint density at radius 1 is 0.526 bits per heavy atom. The molecule has 0 saturated heterocycles. The van der Waals surface area contributed by atoms with Gasteiger partial charge in [-0.15, -0.1) is 0 Å². The molecular weight excluding hydrogens is 250 g/mol. The van der Waals surface area contributed by atoms with Gasteiger partial charge in [-0.1, -0.05) is 18.2 Å². The van der Waals surface area contributed by atoms with E-state index in [0.717, 1.165) is 16.0 Å². The van der Waals surface area contributed by atoms with Crippen LogP contribution in [0.4, 0.5) is 0 Å². The van der Waals surface area contributed by atoms with Gasteiger partial charge in [0.25, 0.3) is 0 Å². The Morgan fingerprint density at radius 2 is 0.895 bits per heavy atom. The predicted molar refractivity (Wildman–Crippen MR) is 77.4 cm³/mol. The molecule has 4 heteroatoms. The predicted octanol–water partition coefficient (Wildman–Crippen LogP) is 0.388. The van der Waals surface area contributed by atoms with Crippen molar-refractivity contribution in [3.05, 3.63) is 73.2 Å². The van der Waals surface area contributed by atoms with E-state index in [1.54, 1.807) is 0 Å². The standard InChI is InChI=1S/C15H12N3Si/c1-4-10-16-13(7-1)19(14-8-2-5-11-17-14)15-9-3-6-12-18-15/h1-12H. The van der Waals surface area contributed by atoms with E-state index in [4.69, 9.17) is 0 Å². The molecule has 0 aromatic carbocycles. The average Bonchev–Trinajstić information content (AvgIpc) is 2.51.